The SMILES string of the molecule is Cc1noc(CCNc2cc(C(=O)O)ccc2N)n1. The van der Waals surface area contributed by atoms with Crippen molar-refractivity contribution in [1.29, 1.82) is 0 Å². The normalized spacial score (nSPS) is 10.4. The number of anilines is 2. The first-order valence-electron chi connectivity index (χ1n) is 5.72. The number of nitrogens with zero attached hydrogens (tertiary/aromatic N) is 2. The first-order chi connectivity index (χ1) is 9.06. The number of carboxylic acids is 1. The highest BCUT2D eigenvalue weighted by atomic mass is 16.5. The minimum absolute atomic E-state index is 0.185. The summed E-state index contributed by atoms with van der Waals surface area (Å²) in [5, 5.41) is 15.6. The summed E-state index contributed by atoms with van der Waals surface area (Å²) in [6.07, 6.45) is 0.539. The Hall–Kier alpha value is -2.57. The number of carboxylic acid groups (broad SMARTS) is 1. The van der Waals surface area contributed by atoms with Crippen LogP contribution in [0.1, 0.15) is 22.1 Å². The molecule has 2 rings (SSSR count). The average Bonchev–Trinajstić information content (AvgIpc) is 2.77. The highest BCUT2D eigenvalue weighted by molar-refractivity contribution is 5.90. The summed E-state index contributed by atoms with van der Waals surface area (Å²) >= 11 is 0. The number of aryl methyl sites for hydroxylation is 1. The zero-order valence-corrected chi connectivity index (χ0v) is 10.4. The Kier molecular flexibility index (Phi) is 3.65. The number of nitrogens with one attached hydrogen (secondary N) is 1. The van der Waals surface area contributed by atoms with E-state index in [1.807, 2.05) is 0 Å². The van der Waals surface area contributed by atoms with E-state index < -0.39 is 5.97 Å². The predicted molar refractivity (Wildman–Crippen MR) is 69.0 cm³/mol. The van der Waals surface area contributed by atoms with Crippen LogP contribution in [0.3, 0.4) is 0 Å². The zero-order valence-electron chi connectivity index (χ0n) is 10.4. The van der Waals surface area contributed by atoms with E-state index in [-0.39, 0.29) is 5.56 Å². The van der Waals surface area contributed by atoms with E-state index in [1.165, 1.54) is 12.1 Å². The molecule has 0 radical (unpaired) electrons. The molecule has 0 aliphatic heterocycles. The van der Waals surface area contributed by atoms with E-state index in [2.05, 4.69) is 15.5 Å². The van der Waals surface area contributed by atoms with Gasteiger partial charge < -0.3 is 20.7 Å². The number of hydrogen-bond acceptors (Lipinski definition) is 6. The van der Waals surface area contributed by atoms with Crippen molar-refractivity contribution in [3.05, 3.63) is 35.5 Å². The molecule has 0 spiro atoms. The number of aromatic nitrogens is 2. The van der Waals surface area contributed by atoms with Crippen molar-refractivity contribution in [3.63, 3.8) is 0 Å². The molecular weight excluding hydrogens is 248 g/mol. The highest BCUT2D eigenvalue weighted by Crippen LogP contribution is 2.20. The number of rotatable bonds is 5. The third kappa shape index (κ3) is 3.21. The third-order valence-electron chi connectivity index (χ3n) is 2.52. The van der Waals surface area contributed by atoms with Crippen LogP contribution in [-0.2, 0) is 6.42 Å². The van der Waals surface area contributed by atoms with Gasteiger partial charge in [0, 0.05) is 13.0 Å². The summed E-state index contributed by atoms with van der Waals surface area (Å²) < 4.78 is 4.97. The first-order valence-corrected chi connectivity index (χ1v) is 5.72. The summed E-state index contributed by atoms with van der Waals surface area (Å²) in [4.78, 5) is 14.9. The summed E-state index contributed by atoms with van der Waals surface area (Å²) in [6.45, 7) is 2.27. The van der Waals surface area contributed by atoms with Crippen LogP contribution in [0.5, 0.6) is 0 Å². The van der Waals surface area contributed by atoms with E-state index in [1.54, 1.807) is 13.0 Å². The molecule has 0 amide bonds. The summed E-state index contributed by atoms with van der Waals surface area (Å²) in [6, 6.07) is 4.52. The quantitative estimate of drug-likeness (QED) is 0.696. The molecule has 4 N–H and O–H groups in total. The van der Waals surface area contributed by atoms with Gasteiger partial charge in [-0.05, 0) is 25.1 Å². The minimum Gasteiger partial charge on any atom is -0.478 e. The Morgan fingerprint density at radius 3 is 2.95 bits per heavy atom. The van der Waals surface area contributed by atoms with Crippen molar-refractivity contribution >= 4 is 17.3 Å². The Bertz CT molecular complexity index is 594. The number of carbonyl (C=O) groups is 1. The molecule has 1 heterocycles. The summed E-state index contributed by atoms with van der Waals surface area (Å²) in [5.41, 5.74) is 7.02. The van der Waals surface area contributed by atoms with Gasteiger partial charge in [0.25, 0.3) is 0 Å². The van der Waals surface area contributed by atoms with Crippen LogP contribution in [0.25, 0.3) is 0 Å². The molecule has 100 valence electrons. The third-order valence-corrected chi connectivity index (χ3v) is 2.52. The lowest BCUT2D eigenvalue weighted by molar-refractivity contribution is 0.0697. The van der Waals surface area contributed by atoms with E-state index in [0.29, 0.717) is 36.1 Å². The molecule has 0 bridgehead atoms. The number of nitrogen functional groups attached to an aromatic ring is 1. The number of hydrogen-bond donors (Lipinski definition) is 3. The molecule has 0 fully saturated rings. The molecule has 0 aliphatic rings. The van der Waals surface area contributed by atoms with Crippen LogP contribution in [-0.4, -0.2) is 27.8 Å². The van der Waals surface area contributed by atoms with Crippen LogP contribution in [0.4, 0.5) is 11.4 Å². The van der Waals surface area contributed by atoms with Crippen molar-refractivity contribution in [1.82, 2.24) is 10.1 Å². The Labute approximate surface area is 109 Å². The van der Waals surface area contributed by atoms with Crippen LogP contribution in [0.15, 0.2) is 22.7 Å². The molecule has 7 heteroatoms. The largest absolute Gasteiger partial charge is 0.478 e. The molecule has 0 saturated heterocycles. The molecule has 19 heavy (non-hydrogen) atoms. The van der Waals surface area contributed by atoms with Crippen LogP contribution < -0.4 is 11.1 Å². The molecular formula is C12H14N4O3. The van der Waals surface area contributed by atoms with Gasteiger partial charge >= 0.3 is 5.97 Å². The second-order valence-corrected chi connectivity index (χ2v) is 4.02. The Morgan fingerprint density at radius 1 is 1.53 bits per heavy atom. The van der Waals surface area contributed by atoms with Crippen molar-refractivity contribution in [3.8, 4) is 0 Å². The lowest BCUT2D eigenvalue weighted by atomic mass is 10.1. The van der Waals surface area contributed by atoms with E-state index in [0.717, 1.165) is 0 Å². The van der Waals surface area contributed by atoms with E-state index in [9.17, 15) is 4.79 Å². The van der Waals surface area contributed by atoms with Gasteiger partial charge in [0.05, 0.1) is 16.9 Å². The molecule has 1 aromatic carbocycles. The Balaban J connectivity index is 1.99. The predicted octanol–water partition coefficient (Wildman–Crippen LogP) is 1.31. The number of nitrogens with two attached hydrogens (primary N) is 1. The lowest BCUT2D eigenvalue weighted by Gasteiger charge is -2.08. The van der Waals surface area contributed by atoms with Gasteiger partial charge in [0.15, 0.2) is 5.82 Å². The van der Waals surface area contributed by atoms with Gasteiger partial charge in [-0.15, -0.1) is 0 Å². The minimum atomic E-state index is -0.990. The van der Waals surface area contributed by atoms with Crippen molar-refractivity contribution in [2.45, 2.75) is 13.3 Å². The van der Waals surface area contributed by atoms with Gasteiger partial charge in [0.1, 0.15) is 0 Å². The number of aromatic carboxylic acids is 1. The maximum absolute atomic E-state index is 10.9. The van der Waals surface area contributed by atoms with E-state index in [4.69, 9.17) is 15.4 Å². The fraction of sp³-hybridized carbons (Fsp3) is 0.250. The van der Waals surface area contributed by atoms with Crippen LogP contribution >= 0.6 is 0 Å². The van der Waals surface area contributed by atoms with Gasteiger partial charge in [-0.2, -0.15) is 4.98 Å². The standard InChI is InChI=1S/C12H14N4O3/c1-7-15-11(19-16-7)4-5-14-10-6-8(12(17)18)2-3-9(10)13/h2-3,6,14H,4-5,13H2,1H3,(H,17,18). The lowest BCUT2D eigenvalue weighted by Crippen LogP contribution is -2.08. The van der Waals surface area contributed by atoms with Crippen LogP contribution in [0, 0.1) is 6.92 Å². The molecule has 2 aromatic rings. The summed E-state index contributed by atoms with van der Waals surface area (Å²) in [5.74, 6) is 0.121. The monoisotopic (exact) mass is 262 g/mol. The summed E-state index contributed by atoms with van der Waals surface area (Å²) in [7, 11) is 0. The number of benzene rings is 1. The van der Waals surface area contributed by atoms with Crippen LogP contribution in [0.2, 0.25) is 0 Å². The molecule has 0 saturated carbocycles. The second-order valence-electron chi connectivity index (χ2n) is 4.02. The van der Waals surface area contributed by atoms with Crippen molar-refractivity contribution < 1.29 is 14.4 Å². The maximum atomic E-state index is 10.9. The van der Waals surface area contributed by atoms with Gasteiger partial charge in [-0.25, -0.2) is 4.79 Å². The molecule has 7 nitrogen and oxygen atoms in total. The van der Waals surface area contributed by atoms with E-state index >= 15 is 0 Å². The highest BCUT2D eigenvalue weighted by Gasteiger charge is 2.07. The maximum Gasteiger partial charge on any atom is 0.335 e. The molecule has 0 aliphatic carbocycles. The Morgan fingerprint density at radius 2 is 2.32 bits per heavy atom. The average molecular weight is 262 g/mol. The van der Waals surface area contributed by atoms with Gasteiger partial charge in [-0.1, -0.05) is 5.16 Å². The fourth-order valence-corrected chi connectivity index (χ4v) is 1.59. The fourth-order valence-electron chi connectivity index (χ4n) is 1.59. The van der Waals surface area contributed by atoms with Gasteiger partial charge in [0.2, 0.25) is 5.89 Å². The molecule has 0 unspecified atom stereocenters. The smallest absolute Gasteiger partial charge is 0.335 e. The van der Waals surface area contributed by atoms with Gasteiger partial charge in [-0.3, -0.25) is 0 Å². The van der Waals surface area contributed by atoms with Crippen molar-refractivity contribution in [2.24, 2.45) is 0 Å². The zero-order chi connectivity index (χ0) is 13.8. The molecule has 1 aromatic heterocycles. The molecule has 0 atom stereocenters. The first kappa shape index (κ1) is 12.9. The second kappa shape index (κ2) is 5.38. The topological polar surface area (TPSA) is 114 Å². The van der Waals surface area contributed by atoms with Crippen molar-refractivity contribution in [2.75, 3.05) is 17.6 Å².